The normalized spacial score (nSPS) is 11.3. The van der Waals surface area contributed by atoms with E-state index in [2.05, 4.69) is 36.1 Å². The number of rotatable bonds is 5. The summed E-state index contributed by atoms with van der Waals surface area (Å²) in [7, 11) is 0. The van der Waals surface area contributed by atoms with Gasteiger partial charge in [0, 0.05) is 17.0 Å². The molecule has 0 aliphatic heterocycles. The lowest BCUT2D eigenvalue weighted by molar-refractivity contribution is -0.384. The van der Waals surface area contributed by atoms with Crippen LogP contribution in [0.1, 0.15) is 20.8 Å². The highest BCUT2D eigenvalue weighted by molar-refractivity contribution is 8.00. The van der Waals surface area contributed by atoms with Gasteiger partial charge in [0.1, 0.15) is 6.20 Å². The van der Waals surface area contributed by atoms with E-state index in [0.717, 1.165) is 11.9 Å². The van der Waals surface area contributed by atoms with Gasteiger partial charge in [-0.05, 0) is 0 Å². The standard InChI is InChI=1S/C10H17N5O2S/c1-10(2,3)18-5-4-12-9-13-6-7(15(16)17)8(11)14-9/h6H,4-5H2,1-3H3,(H3,11,12,13,14). The zero-order chi connectivity index (χ0) is 13.8. The summed E-state index contributed by atoms with van der Waals surface area (Å²) in [6, 6.07) is 0. The molecule has 1 aromatic heterocycles. The molecule has 18 heavy (non-hydrogen) atoms. The summed E-state index contributed by atoms with van der Waals surface area (Å²) < 4.78 is 0.205. The van der Waals surface area contributed by atoms with Gasteiger partial charge >= 0.3 is 5.69 Å². The van der Waals surface area contributed by atoms with E-state index in [0.29, 0.717) is 12.5 Å². The lowest BCUT2D eigenvalue weighted by atomic mass is 10.3. The molecule has 0 aliphatic rings. The molecular weight excluding hydrogens is 254 g/mol. The first-order valence-corrected chi connectivity index (χ1v) is 6.43. The second-order valence-corrected chi connectivity index (χ2v) is 6.53. The monoisotopic (exact) mass is 271 g/mol. The van der Waals surface area contributed by atoms with Gasteiger partial charge in [-0.3, -0.25) is 10.1 Å². The minimum absolute atomic E-state index is 0.124. The van der Waals surface area contributed by atoms with Crippen molar-refractivity contribution in [3.63, 3.8) is 0 Å². The molecule has 1 rings (SSSR count). The molecule has 0 spiro atoms. The van der Waals surface area contributed by atoms with E-state index in [1.807, 2.05) is 11.8 Å². The molecule has 0 aliphatic carbocycles. The highest BCUT2D eigenvalue weighted by Gasteiger charge is 2.14. The van der Waals surface area contributed by atoms with Gasteiger partial charge in [-0.1, -0.05) is 20.8 Å². The van der Waals surface area contributed by atoms with E-state index >= 15 is 0 Å². The van der Waals surface area contributed by atoms with E-state index in [4.69, 9.17) is 5.73 Å². The topological polar surface area (TPSA) is 107 Å². The summed E-state index contributed by atoms with van der Waals surface area (Å²) in [6.45, 7) is 7.09. The minimum atomic E-state index is -0.603. The van der Waals surface area contributed by atoms with Crippen molar-refractivity contribution in [2.75, 3.05) is 23.3 Å². The molecule has 0 atom stereocenters. The van der Waals surface area contributed by atoms with Gasteiger partial charge in [0.05, 0.1) is 4.92 Å². The summed E-state index contributed by atoms with van der Waals surface area (Å²) in [6.07, 6.45) is 1.11. The van der Waals surface area contributed by atoms with Gasteiger partial charge in [0.2, 0.25) is 11.8 Å². The van der Waals surface area contributed by atoms with Crippen LogP contribution in [0.4, 0.5) is 17.5 Å². The predicted molar refractivity (Wildman–Crippen MR) is 73.8 cm³/mol. The van der Waals surface area contributed by atoms with Gasteiger partial charge < -0.3 is 11.1 Å². The van der Waals surface area contributed by atoms with E-state index < -0.39 is 4.92 Å². The second-order valence-electron chi connectivity index (χ2n) is 4.61. The molecule has 1 aromatic rings. The Morgan fingerprint density at radius 3 is 2.72 bits per heavy atom. The smallest absolute Gasteiger partial charge is 0.329 e. The highest BCUT2D eigenvalue weighted by atomic mass is 32.2. The summed E-state index contributed by atoms with van der Waals surface area (Å²) in [4.78, 5) is 17.6. The zero-order valence-electron chi connectivity index (χ0n) is 10.6. The number of thioether (sulfide) groups is 1. The molecule has 7 nitrogen and oxygen atoms in total. The van der Waals surface area contributed by atoms with Crippen molar-refractivity contribution in [3.05, 3.63) is 16.3 Å². The molecule has 8 heteroatoms. The lowest BCUT2D eigenvalue weighted by Crippen LogP contribution is -2.14. The average Bonchev–Trinajstić information content (AvgIpc) is 2.22. The summed E-state index contributed by atoms with van der Waals surface area (Å²) in [5.41, 5.74) is 5.18. The van der Waals surface area contributed by atoms with Crippen LogP contribution in [0.5, 0.6) is 0 Å². The number of nitrogens with two attached hydrogens (primary N) is 1. The van der Waals surface area contributed by atoms with E-state index in [1.54, 1.807) is 0 Å². The quantitative estimate of drug-likeness (QED) is 0.478. The molecule has 0 bridgehead atoms. The molecule has 100 valence electrons. The van der Waals surface area contributed by atoms with E-state index in [-0.39, 0.29) is 16.3 Å². The summed E-state index contributed by atoms with van der Waals surface area (Å²) in [5, 5.41) is 13.5. The molecule has 3 N–H and O–H groups in total. The molecule has 0 aromatic carbocycles. The van der Waals surface area contributed by atoms with Crippen molar-refractivity contribution in [1.82, 2.24) is 9.97 Å². The molecule has 0 unspecified atom stereocenters. The fourth-order valence-electron chi connectivity index (χ4n) is 1.13. The van der Waals surface area contributed by atoms with Crippen molar-refractivity contribution < 1.29 is 4.92 Å². The molecule has 0 saturated heterocycles. The number of nitro groups is 1. The highest BCUT2D eigenvalue weighted by Crippen LogP contribution is 2.22. The van der Waals surface area contributed by atoms with Crippen LogP contribution in [0, 0.1) is 10.1 Å². The van der Waals surface area contributed by atoms with Crippen LogP contribution in [0.25, 0.3) is 0 Å². The molecule has 0 saturated carbocycles. The third-order valence-corrected chi connectivity index (χ3v) is 3.19. The first-order valence-electron chi connectivity index (χ1n) is 5.44. The molecule has 1 heterocycles. The van der Waals surface area contributed by atoms with Gasteiger partial charge in [-0.15, -0.1) is 0 Å². The lowest BCUT2D eigenvalue weighted by Gasteiger charge is -2.17. The van der Waals surface area contributed by atoms with Crippen molar-refractivity contribution >= 4 is 29.2 Å². The van der Waals surface area contributed by atoms with Crippen molar-refractivity contribution in [2.24, 2.45) is 0 Å². The second kappa shape index (κ2) is 5.85. The fourth-order valence-corrected chi connectivity index (χ4v) is 1.95. The zero-order valence-corrected chi connectivity index (χ0v) is 11.5. The molecule has 0 fully saturated rings. The van der Waals surface area contributed by atoms with Gasteiger partial charge in [0.25, 0.3) is 0 Å². The Hall–Kier alpha value is -1.57. The van der Waals surface area contributed by atoms with Crippen LogP contribution >= 0.6 is 11.8 Å². The Labute approximate surface area is 110 Å². The van der Waals surface area contributed by atoms with Crippen molar-refractivity contribution in [2.45, 2.75) is 25.5 Å². The summed E-state index contributed by atoms with van der Waals surface area (Å²) >= 11 is 1.81. The average molecular weight is 271 g/mol. The maximum absolute atomic E-state index is 10.5. The van der Waals surface area contributed by atoms with Crippen molar-refractivity contribution in [3.8, 4) is 0 Å². The number of nitrogen functional groups attached to an aromatic ring is 1. The Balaban J connectivity index is 2.49. The number of nitrogens with one attached hydrogen (secondary N) is 1. The van der Waals surface area contributed by atoms with E-state index in [1.165, 1.54) is 0 Å². The number of nitrogens with zero attached hydrogens (tertiary/aromatic N) is 3. The third-order valence-electron chi connectivity index (χ3n) is 1.91. The Morgan fingerprint density at radius 2 is 2.22 bits per heavy atom. The molecule has 0 radical (unpaired) electrons. The SMILES string of the molecule is CC(C)(C)SCCNc1ncc([N+](=O)[O-])c(N)n1. The molecular formula is C10H17N5O2S. The minimum Gasteiger partial charge on any atom is -0.378 e. The van der Waals surface area contributed by atoms with Crippen LogP contribution in [-0.4, -0.2) is 31.9 Å². The van der Waals surface area contributed by atoms with Gasteiger partial charge in [0.15, 0.2) is 0 Å². The number of aromatic nitrogens is 2. The van der Waals surface area contributed by atoms with Crippen LogP contribution < -0.4 is 11.1 Å². The molecule has 0 amide bonds. The van der Waals surface area contributed by atoms with Crippen LogP contribution in [-0.2, 0) is 0 Å². The van der Waals surface area contributed by atoms with E-state index in [9.17, 15) is 10.1 Å². The van der Waals surface area contributed by atoms with Crippen LogP contribution in [0.2, 0.25) is 0 Å². The van der Waals surface area contributed by atoms with Crippen LogP contribution in [0.15, 0.2) is 6.20 Å². The number of anilines is 2. The number of hydrogen-bond donors (Lipinski definition) is 2. The number of hydrogen-bond acceptors (Lipinski definition) is 7. The predicted octanol–water partition coefficient (Wildman–Crippen LogP) is 1.91. The maximum Gasteiger partial charge on any atom is 0.329 e. The van der Waals surface area contributed by atoms with Gasteiger partial charge in [-0.2, -0.15) is 16.7 Å². The fraction of sp³-hybridized carbons (Fsp3) is 0.600. The summed E-state index contributed by atoms with van der Waals surface area (Å²) in [5.74, 6) is 1.08. The Bertz CT molecular complexity index is 433. The first kappa shape index (κ1) is 14.5. The largest absolute Gasteiger partial charge is 0.378 e. The van der Waals surface area contributed by atoms with Gasteiger partial charge in [-0.25, -0.2) is 4.98 Å². The Kier molecular flexibility index (Phi) is 4.71. The van der Waals surface area contributed by atoms with Crippen molar-refractivity contribution in [1.29, 1.82) is 0 Å². The maximum atomic E-state index is 10.5. The first-order chi connectivity index (χ1) is 8.29. The third kappa shape index (κ3) is 4.74. The van der Waals surface area contributed by atoms with Crippen LogP contribution in [0.3, 0.4) is 0 Å². The Morgan fingerprint density at radius 1 is 1.56 bits per heavy atom.